The van der Waals surface area contributed by atoms with Crippen molar-refractivity contribution in [3.63, 3.8) is 0 Å². The lowest BCUT2D eigenvalue weighted by Gasteiger charge is -2.05. The quantitative estimate of drug-likeness (QED) is 0.867. The molecule has 4 nitrogen and oxygen atoms in total. The van der Waals surface area contributed by atoms with E-state index in [1.807, 2.05) is 6.20 Å². The molecule has 0 radical (unpaired) electrons. The monoisotopic (exact) mass is 260 g/mol. The summed E-state index contributed by atoms with van der Waals surface area (Å²) in [7, 11) is -2.85. The SMILES string of the molecule is NCCc1cnc(CC2CCCS2(=O)=O)s1. The molecule has 0 spiro atoms. The van der Waals surface area contributed by atoms with E-state index in [-0.39, 0.29) is 5.25 Å². The lowest BCUT2D eigenvalue weighted by molar-refractivity contribution is 0.588. The zero-order valence-electron chi connectivity index (χ0n) is 9.05. The van der Waals surface area contributed by atoms with Crippen molar-refractivity contribution >= 4 is 21.2 Å². The van der Waals surface area contributed by atoms with Gasteiger partial charge in [-0.2, -0.15) is 0 Å². The Bertz CT molecular complexity index is 453. The van der Waals surface area contributed by atoms with E-state index in [0.29, 0.717) is 18.7 Å². The molecule has 0 amide bonds. The van der Waals surface area contributed by atoms with Crippen molar-refractivity contribution in [3.05, 3.63) is 16.1 Å². The minimum atomic E-state index is -2.85. The van der Waals surface area contributed by atoms with Gasteiger partial charge in [0.1, 0.15) is 0 Å². The number of thiazole rings is 1. The van der Waals surface area contributed by atoms with E-state index >= 15 is 0 Å². The minimum absolute atomic E-state index is 0.204. The molecular weight excluding hydrogens is 244 g/mol. The predicted octanol–water partition coefficient (Wildman–Crippen LogP) is 0.764. The van der Waals surface area contributed by atoms with E-state index in [4.69, 9.17) is 5.73 Å². The van der Waals surface area contributed by atoms with Crippen molar-refractivity contribution < 1.29 is 8.42 Å². The maximum atomic E-state index is 11.7. The summed E-state index contributed by atoms with van der Waals surface area (Å²) in [6.45, 7) is 0.614. The van der Waals surface area contributed by atoms with Gasteiger partial charge >= 0.3 is 0 Å². The van der Waals surface area contributed by atoms with E-state index < -0.39 is 9.84 Å². The molecule has 1 saturated heterocycles. The minimum Gasteiger partial charge on any atom is -0.330 e. The van der Waals surface area contributed by atoms with Crippen LogP contribution in [0.3, 0.4) is 0 Å². The van der Waals surface area contributed by atoms with Gasteiger partial charge in [0.2, 0.25) is 0 Å². The van der Waals surface area contributed by atoms with E-state index in [1.165, 1.54) is 0 Å². The molecule has 0 aliphatic carbocycles. The van der Waals surface area contributed by atoms with E-state index in [9.17, 15) is 8.42 Å². The maximum Gasteiger partial charge on any atom is 0.153 e. The van der Waals surface area contributed by atoms with E-state index in [2.05, 4.69) is 4.98 Å². The summed E-state index contributed by atoms with van der Waals surface area (Å²) in [5.74, 6) is 0.346. The van der Waals surface area contributed by atoms with Gasteiger partial charge in [-0.25, -0.2) is 13.4 Å². The summed E-state index contributed by atoms with van der Waals surface area (Å²) in [6.07, 6.45) is 4.81. The normalized spacial score (nSPS) is 23.7. The van der Waals surface area contributed by atoms with Crippen molar-refractivity contribution in [2.45, 2.75) is 30.9 Å². The average Bonchev–Trinajstić information content (AvgIpc) is 2.76. The van der Waals surface area contributed by atoms with Crippen LogP contribution in [0.4, 0.5) is 0 Å². The summed E-state index contributed by atoms with van der Waals surface area (Å²) < 4.78 is 23.3. The third-order valence-electron chi connectivity index (χ3n) is 2.86. The zero-order chi connectivity index (χ0) is 11.6. The van der Waals surface area contributed by atoms with Crippen molar-refractivity contribution in [2.24, 2.45) is 5.73 Å². The molecule has 1 unspecified atom stereocenters. The van der Waals surface area contributed by atoms with Crippen LogP contribution in [0.2, 0.25) is 0 Å². The van der Waals surface area contributed by atoms with Gasteiger partial charge in [0.05, 0.1) is 16.0 Å². The Hall–Kier alpha value is -0.460. The first-order valence-corrected chi connectivity index (χ1v) is 8.00. The van der Waals surface area contributed by atoms with E-state index in [1.54, 1.807) is 11.3 Å². The van der Waals surface area contributed by atoms with Gasteiger partial charge < -0.3 is 5.73 Å². The van der Waals surface area contributed by atoms with Gasteiger partial charge in [0.25, 0.3) is 0 Å². The smallest absolute Gasteiger partial charge is 0.153 e. The van der Waals surface area contributed by atoms with Crippen LogP contribution in [0.25, 0.3) is 0 Å². The summed E-state index contributed by atoms with van der Waals surface area (Å²) in [6, 6.07) is 0. The lowest BCUT2D eigenvalue weighted by atomic mass is 10.2. The Morgan fingerprint density at radius 2 is 2.38 bits per heavy atom. The summed E-state index contributed by atoms with van der Waals surface area (Å²) in [4.78, 5) is 5.41. The van der Waals surface area contributed by atoms with Crippen LogP contribution in [-0.4, -0.2) is 30.9 Å². The molecule has 1 fully saturated rings. The molecule has 6 heteroatoms. The van der Waals surface area contributed by atoms with Crippen LogP contribution < -0.4 is 5.73 Å². The van der Waals surface area contributed by atoms with Crippen LogP contribution in [-0.2, 0) is 22.7 Å². The van der Waals surface area contributed by atoms with Crippen molar-refractivity contribution in [1.82, 2.24) is 4.98 Å². The fourth-order valence-corrected chi connectivity index (χ4v) is 4.95. The number of hydrogen-bond acceptors (Lipinski definition) is 5. The van der Waals surface area contributed by atoms with Gasteiger partial charge in [-0.1, -0.05) is 0 Å². The molecule has 0 aromatic carbocycles. The molecule has 2 N–H and O–H groups in total. The highest BCUT2D eigenvalue weighted by Crippen LogP contribution is 2.25. The second kappa shape index (κ2) is 4.81. The number of aromatic nitrogens is 1. The highest BCUT2D eigenvalue weighted by molar-refractivity contribution is 7.92. The van der Waals surface area contributed by atoms with Crippen LogP contribution in [0.1, 0.15) is 22.7 Å². The lowest BCUT2D eigenvalue weighted by Crippen LogP contribution is -2.18. The summed E-state index contributed by atoms with van der Waals surface area (Å²) in [5.41, 5.74) is 5.46. The molecule has 0 saturated carbocycles. The van der Waals surface area contributed by atoms with Crippen LogP contribution in [0, 0.1) is 0 Å². The van der Waals surface area contributed by atoms with E-state index in [0.717, 1.165) is 29.1 Å². The highest BCUT2D eigenvalue weighted by atomic mass is 32.2. The van der Waals surface area contributed by atoms with Gasteiger partial charge in [-0.05, 0) is 25.8 Å². The zero-order valence-corrected chi connectivity index (χ0v) is 10.7. The third-order valence-corrected chi connectivity index (χ3v) is 6.21. The van der Waals surface area contributed by atoms with Crippen LogP contribution in [0.15, 0.2) is 6.20 Å². The van der Waals surface area contributed by atoms with Gasteiger partial charge in [0, 0.05) is 17.5 Å². The van der Waals surface area contributed by atoms with Crippen LogP contribution >= 0.6 is 11.3 Å². The largest absolute Gasteiger partial charge is 0.330 e. The molecule has 0 bridgehead atoms. The number of rotatable bonds is 4. The maximum absolute atomic E-state index is 11.7. The van der Waals surface area contributed by atoms with Crippen LogP contribution in [0.5, 0.6) is 0 Å². The first-order valence-electron chi connectivity index (χ1n) is 5.47. The summed E-state index contributed by atoms with van der Waals surface area (Å²) >= 11 is 1.59. The Kier molecular flexibility index (Phi) is 3.61. The molecule has 1 aliphatic rings. The Morgan fingerprint density at radius 3 is 3.00 bits per heavy atom. The second-order valence-corrected chi connectivity index (χ2v) is 7.69. The fourth-order valence-electron chi connectivity index (χ4n) is 1.98. The Morgan fingerprint density at radius 1 is 1.56 bits per heavy atom. The number of nitrogens with zero attached hydrogens (tertiary/aromatic N) is 1. The molecule has 1 aromatic heterocycles. The molecule has 1 atom stereocenters. The molecule has 16 heavy (non-hydrogen) atoms. The first-order chi connectivity index (χ1) is 7.62. The summed E-state index contributed by atoms with van der Waals surface area (Å²) in [5, 5.41) is 0.725. The van der Waals surface area contributed by atoms with Gasteiger partial charge in [0.15, 0.2) is 9.84 Å². The molecule has 2 heterocycles. The second-order valence-electron chi connectivity index (χ2n) is 4.09. The average molecular weight is 260 g/mol. The third kappa shape index (κ3) is 2.61. The van der Waals surface area contributed by atoms with Crippen molar-refractivity contribution in [1.29, 1.82) is 0 Å². The molecule has 1 aliphatic heterocycles. The highest BCUT2D eigenvalue weighted by Gasteiger charge is 2.31. The fraction of sp³-hybridized carbons (Fsp3) is 0.700. The van der Waals surface area contributed by atoms with Gasteiger partial charge in [-0.15, -0.1) is 11.3 Å². The predicted molar refractivity (Wildman–Crippen MR) is 65.4 cm³/mol. The molecule has 2 rings (SSSR count). The number of hydrogen-bond donors (Lipinski definition) is 1. The first kappa shape index (κ1) is 12.0. The number of sulfone groups is 1. The number of nitrogens with two attached hydrogens (primary N) is 1. The molecule has 90 valence electrons. The standard InChI is InChI=1S/C10H16N2O2S2/c11-4-3-8-7-12-10(15-8)6-9-2-1-5-16(9,13)14/h7,9H,1-6,11H2. The Balaban J connectivity index is 2.03. The molecular formula is C10H16N2O2S2. The Labute approximate surface area is 99.8 Å². The topological polar surface area (TPSA) is 73.0 Å². The van der Waals surface area contributed by atoms with Crippen molar-refractivity contribution in [3.8, 4) is 0 Å². The molecule has 1 aromatic rings. The van der Waals surface area contributed by atoms with Crippen molar-refractivity contribution in [2.75, 3.05) is 12.3 Å². The van der Waals surface area contributed by atoms with Gasteiger partial charge in [-0.3, -0.25) is 0 Å².